The van der Waals surface area contributed by atoms with Gasteiger partial charge in [-0.05, 0) is 31.2 Å². The Morgan fingerprint density at radius 3 is 2.80 bits per heavy atom. The molecule has 0 aliphatic heterocycles. The average Bonchev–Trinajstić information content (AvgIpc) is 3.07. The Kier molecular flexibility index (Phi) is 6.94. The van der Waals surface area contributed by atoms with E-state index in [1.165, 1.54) is 14.1 Å². The van der Waals surface area contributed by atoms with E-state index in [2.05, 4.69) is 20.2 Å². The minimum Gasteiger partial charge on any atom is -0.380 e. The zero-order chi connectivity index (χ0) is 18.4. The summed E-state index contributed by atoms with van der Waals surface area (Å²) in [5.74, 6) is -0.280. The van der Waals surface area contributed by atoms with E-state index in [1.807, 2.05) is 0 Å². The van der Waals surface area contributed by atoms with Gasteiger partial charge in [0.05, 0.1) is 12.3 Å². The number of H-pyrrole nitrogens is 1. The number of carbonyl (C=O) groups is 1. The molecule has 0 unspecified atom stereocenters. The van der Waals surface area contributed by atoms with Crippen LogP contribution in [0.1, 0.15) is 24.8 Å². The molecule has 9 nitrogen and oxygen atoms in total. The van der Waals surface area contributed by atoms with Gasteiger partial charge < -0.3 is 10.1 Å². The minimum atomic E-state index is -3.58. The van der Waals surface area contributed by atoms with E-state index in [9.17, 15) is 13.2 Å². The maximum absolute atomic E-state index is 12.4. The number of carbonyl (C=O) groups excluding carboxylic acids is 1. The number of hydrogen-bond donors (Lipinski definition) is 3. The van der Waals surface area contributed by atoms with Crippen LogP contribution in [0.3, 0.4) is 0 Å². The zero-order valence-corrected chi connectivity index (χ0v) is 15.7. The number of ether oxygens (including phenoxy) is 1. The predicted molar refractivity (Wildman–Crippen MR) is 93.0 cm³/mol. The highest BCUT2D eigenvalue weighted by molar-refractivity contribution is 7.87. The van der Waals surface area contributed by atoms with Gasteiger partial charge in [0.1, 0.15) is 0 Å². The van der Waals surface area contributed by atoms with Crippen LogP contribution in [0.25, 0.3) is 0 Å². The highest BCUT2D eigenvalue weighted by Crippen LogP contribution is 2.27. The molecule has 1 aromatic heterocycles. The normalized spacial score (nSPS) is 24.4. The Morgan fingerprint density at radius 2 is 2.20 bits per heavy atom. The third kappa shape index (κ3) is 5.50. The summed E-state index contributed by atoms with van der Waals surface area (Å²) in [5, 5.41) is 9.52. The molecule has 0 spiro atoms. The molecule has 0 aromatic carbocycles. The van der Waals surface area contributed by atoms with E-state index in [1.54, 1.807) is 19.5 Å². The van der Waals surface area contributed by atoms with E-state index in [4.69, 9.17) is 4.74 Å². The van der Waals surface area contributed by atoms with E-state index in [0.29, 0.717) is 32.2 Å². The first-order valence-corrected chi connectivity index (χ1v) is 9.75. The van der Waals surface area contributed by atoms with Crippen molar-refractivity contribution < 1.29 is 17.9 Å². The van der Waals surface area contributed by atoms with Crippen LogP contribution in [0.15, 0.2) is 12.4 Å². The van der Waals surface area contributed by atoms with Crippen LogP contribution in [-0.4, -0.2) is 68.7 Å². The Labute approximate surface area is 148 Å². The molecule has 1 aliphatic rings. The second-order valence-corrected chi connectivity index (χ2v) is 8.36. The standard InChI is InChI=1S/C15H27N5O4S/c1-20(2)25(22,23)19-13-8-12(4-5-14(13)24-3)15(21)16-7-6-11-9-17-18-10-11/h9-10,12-14,19H,4-8H2,1-3H3,(H,16,21)(H,17,18)/t12-,13+,14+/m0/s1. The van der Waals surface area contributed by atoms with Crippen molar-refractivity contribution in [3.63, 3.8) is 0 Å². The van der Waals surface area contributed by atoms with E-state index in [-0.39, 0.29) is 17.9 Å². The first kappa shape index (κ1) is 19.8. The number of hydrogen-bond acceptors (Lipinski definition) is 5. The molecule has 2 rings (SSSR count). The highest BCUT2D eigenvalue weighted by Gasteiger charge is 2.36. The third-order valence-electron chi connectivity index (χ3n) is 4.51. The highest BCUT2D eigenvalue weighted by atomic mass is 32.2. The topological polar surface area (TPSA) is 116 Å². The largest absolute Gasteiger partial charge is 0.380 e. The fourth-order valence-corrected chi connectivity index (χ4v) is 3.81. The monoisotopic (exact) mass is 373 g/mol. The van der Waals surface area contributed by atoms with Gasteiger partial charge in [0.15, 0.2) is 0 Å². The lowest BCUT2D eigenvalue weighted by molar-refractivity contribution is -0.127. The molecule has 10 heteroatoms. The van der Waals surface area contributed by atoms with Crippen molar-refractivity contribution in [1.82, 2.24) is 24.5 Å². The smallest absolute Gasteiger partial charge is 0.279 e. The Hall–Kier alpha value is -1.49. The number of aromatic amines is 1. The minimum absolute atomic E-state index is 0.0490. The first-order valence-electron chi connectivity index (χ1n) is 8.31. The van der Waals surface area contributed by atoms with Crippen molar-refractivity contribution >= 4 is 16.1 Å². The van der Waals surface area contributed by atoms with E-state index in [0.717, 1.165) is 9.87 Å². The number of aromatic nitrogens is 2. The molecule has 1 aliphatic carbocycles. The molecule has 25 heavy (non-hydrogen) atoms. The fourth-order valence-electron chi connectivity index (χ4n) is 2.97. The molecular weight excluding hydrogens is 346 g/mol. The number of amides is 1. The Balaban J connectivity index is 1.90. The van der Waals surface area contributed by atoms with Crippen molar-refractivity contribution in [1.29, 1.82) is 0 Å². The molecule has 1 saturated carbocycles. The van der Waals surface area contributed by atoms with Gasteiger partial charge in [0, 0.05) is 45.9 Å². The first-order chi connectivity index (χ1) is 11.8. The summed E-state index contributed by atoms with van der Waals surface area (Å²) >= 11 is 0. The van der Waals surface area contributed by atoms with Crippen molar-refractivity contribution in [2.75, 3.05) is 27.7 Å². The van der Waals surface area contributed by atoms with Crippen LogP contribution in [-0.2, 0) is 26.2 Å². The average molecular weight is 373 g/mol. The number of nitrogens with zero attached hydrogens (tertiary/aromatic N) is 2. The molecule has 1 heterocycles. The Morgan fingerprint density at radius 1 is 1.44 bits per heavy atom. The van der Waals surface area contributed by atoms with Crippen molar-refractivity contribution in [2.45, 2.75) is 37.8 Å². The molecule has 0 radical (unpaired) electrons. The molecule has 142 valence electrons. The Bertz CT molecular complexity index is 647. The van der Waals surface area contributed by atoms with E-state index < -0.39 is 16.3 Å². The summed E-state index contributed by atoms with van der Waals surface area (Å²) < 4.78 is 33.3. The number of methoxy groups -OCH3 is 1. The summed E-state index contributed by atoms with van der Waals surface area (Å²) in [6.45, 7) is 0.524. The molecule has 0 saturated heterocycles. The molecule has 3 atom stereocenters. The van der Waals surface area contributed by atoms with Gasteiger partial charge in [-0.15, -0.1) is 0 Å². The van der Waals surface area contributed by atoms with Crippen molar-refractivity contribution in [3.8, 4) is 0 Å². The molecular formula is C15H27N5O4S. The van der Waals surface area contributed by atoms with E-state index >= 15 is 0 Å². The molecule has 1 fully saturated rings. The lowest BCUT2D eigenvalue weighted by Crippen LogP contribution is -2.52. The van der Waals surface area contributed by atoms with Gasteiger partial charge in [-0.3, -0.25) is 9.89 Å². The lowest BCUT2D eigenvalue weighted by Gasteiger charge is -2.35. The van der Waals surface area contributed by atoms with Crippen molar-refractivity contribution in [3.05, 3.63) is 18.0 Å². The predicted octanol–water partition coefficient (Wildman–Crippen LogP) is -0.352. The quantitative estimate of drug-likeness (QED) is 0.576. The van der Waals surface area contributed by atoms with Gasteiger partial charge in [0.2, 0.25) is 5.91 Å². The second kappa shape index (κ2) is 8.75. The van der Waals surface area contributed by atoms with Crippen LogP contribution >= 0.6 is 0 Å². The summed E-state index contributed by atoms with van der Waals surface area (Å²) in [7, 11) is 0.918. The second-order valence-electron chi connectivity index (χ2n) is 6.44. The maximum Gasteiger partial charge on any atom is 0.279 e. The van der Waals surface area contributed by atoms with Gasteiger partial charge >= 0.3 is 0 Å². The van der Waals surface area contributed by atoms with Crippen LogP contribution in [0.4, 0.5) is 0 Å². The molecule has 1 aromatic rings. The number of nitrogens with one attached hydrogen (secondary N) is 3. The van der Waals surface area contributed by atoms with Gasteiger partial charge in [-0.2, -0.15) is 22.5 Å². The summed E-state index contributed by atoms with van der Waals surface area (Å²) in [4.78, 5) is 12.4. The SMILES string of the molecule is CO[C@@H]1CC[C@H](C(=O)NCCc2cn[nH]c2)C[C@H]1NS(=O)(=O)N(C)C. The third-order valence-corrected chi connectivity index (χ3v) is 6.07. The van der Waals surface area contributed by atoms with Gasteiger partial charge in [0.25, 0.3) is 10.2 Å². The van der Waals surface area contributed by atoms with Crippen LogP contribution in [0.2, 0.25) is 0 Å². The number of rotatable bonds is 8. The summed E-state index contributed by atoms with van der Waals surface area (Å²) in [6.07, 6.45) is 5.72. The molecule has 1 amide bonds. The molecule has 0 bridgehead atoms. The maximum atomic E-state index is 12.4. The molecule has 3 N–H and O–H groups in total. The van der Waals surface area contributed by atoms with Gasteiger partial charge in [-0.1, -0.05) is 0 Å². The van der Waals surface area contributed by atoms with Crippen LogP contribution < -0.4 is 10.0 Å². The lowest BCUT2D eigenvalue weighted by atomic mass is 9.83. The van der Waals surface area contributed by atoms with Gasteiger partial charge in [-0.25, -0.2) is 0 Å². The fraction of sp³-hybridized carbons (Fsp3) is 0.733. The van der Waals surface area contributed by atoms with Crippen LogP contribution in [0.5, 0.6) is 0 Å². The summed E-state index contributed by atoms with van der Waals surface area (Å²) in [6, 6.07) is -0.421. The van der Waals surface area contributed by atoms with Crippen LogP contribution in [0, 0.1) is 5.92 Å². The summed E-state index contributed by atoms with van der Waals surface area (Å²) in [5.41, 5.74) is 1.03. The zero-order valence-electron chi connectivity index (χ0n) is 14.9. The van der Waals surface area contributed by atoms with Crippen molar-refractivity contribution in [2.24, 2.45) is 5.92 Å².